The van der Waals surface area contributed by atoms with Crippen molar-refractivity contribution in [1.82, 2.24) is 14.8 Å². The van der Waals surface area contributed by atoms with Crippen LogP contribution < -0.4 is 4.74 Å². The lowest BCUT2D eigenvalue weighted by Gasteiger charge is -2.31. The van der Waals surface area contributed by atoms with E-state index in [0.29, 0.717) is 18.8 Å². The van der Waals surface area contributed by atoms with Crippen LogP contribution in [-0.2, 0) is 19.1 Å². The summed E-state index contributed by atoms with van der Waals surface area (Å²) in [6, 6.07) is 8.02. The summed E-state index contributed by atoms with van der Waals surface area (Å²) in [5.74, 6) is 0.282. The Kier molecular flexibility index (Phi) is 3.19. The minimum absolute atomic E-state index is 0.0487. The van der Waals surface area contributed by atoms with Crippen molar-refractivity contribution >= 4 is 0 Å². The molecule has 0 atom stereocenters. The number of aryl methyl sites for hydroxylation is 1. The molecule has 0 fully saturated rings. The van der Waals surface area contributed by atoms with Crippen molar-refractivity contribution in [2.45, 2.75) is 39.3 Å². The van der Waals surface area contributed by atoms with Crippen molar-refractivity contribution < 1.29 is 13.5 Å². The van der Waals surface area contributed by atoms with Crippen LogP contribution in [0, 0.1) is 5.41 Å². The SMILES string of the molecule is CC1(C)CCc2nnc(C(F)(F)Oc3ccccc3)n2C1. The van der Waals surface area contributed by atoms with Crippen LogP contribution in [0.15, 0.2) is 30.3 Å². The van der Waals surface area contributed by atoms with Gasteiger partial charge < -0.3 is 9.30 Å². The average molecular weight is 293 g/mol. The highest BCUT2D eigenvalue weighted by atomic mass is 19.3. The monoisotopic (exact) mass is 293 g/mol. The van der Waals surface area contributed by atoms with E-state index in [1.54, 1.807) is 18.2 Å². The predicted octanol–water partition coefficient (Wildman–Crippen LogP) is 3.38. The topological polar surface area (TPSA) is 39.9 Å². The lowest BCUT2D eigenvalue weighted by molar-refractivity contribution is -0.194. The van der Waals surface area contributed by atoms with Crippen molar-refractivity contribution in [3.05, 3.63) is 42.0 Å². The van der Waals surface area contributed by atoms with Gasteiger partial charge in [-0.3, -0.25) is 0 Å². The van der Waals surface area contributed by atoms with Gasteiger partial charge in [0.05, 0.1) is 0 Å². The Morgan fingerprint density at radius 3 is 2.62 bits per heavy atom. The molecule has 2 aromatic rings. The van der Waals surface area contributed by atoms with Crippen LogP contribution in [0.2, 0.25) is 0 Å². The highest BCUT2D eigenvalue weighted by Gasteiger charge is 2.43. The van der Waals surface area contributed by atoms with Crippen LogP contribution >= 0.6 is 0 Å². The van der Waals surface area contributed by atoms with Gasteiger partial charge in [0.25, 0.3) is 0 Å². The smallest absolute Gasteiger partial charge is 0.427 e. The molecule has 6 heteroatoms. The van der Waals surface area contributed by atoms with Gasteiger partial charge in [0.2, 0.25) is 5.82 Å². The first-order valence-electron chi connectivity index (χ1n) is 6.92. The van der Waals surface area contributed by atoms with E-state index in [9.17, 15) is 8.78 Å². The number of aromatic nitrogens is 3. The molecule has 1 aliphatic rings. The summed E-state index contributed by atoms with van der Waals surface area (Å²) in [7, 11) is 0. The van der Waals surface area contributed by atoms with Crippen LogP contribution in [0.5, 0.6) is 5.75 Å². The molecule has 0 aliphatic carbocycles. The van der Waals surface area contributed by atoms with Gasteiger partial charge in [-0.2, -0.15) is 8.78 Å². The molecule has 1 aromatic heterocycles. The maximum Gasteiger partial charge on any atom is 0.462 e. The van der Waals surface area contributed by atoms with E-state index in [-0.39, 0.29) is 11.2 Å². The fourth-order valence-electron chi connectivity index (χ4n) is 2.54. The van der Waals surface area contributed by atoms with Gasteiger partial charge in [0.1, 0.15) is 11.6 Å². The van der Waals surface area contributed by atoms with Crippen LogP contribution in [0.1, 0.15) is 31.9 Å². The van der Waals surface area contributed by atoms with Crippen LogP contribution in [0.3, 0.4) is 0 Å². The molecule has 112 valence electrons. The molecule has 3 rings (SSSR count). The zero-order valence-electron chi connectivity index (χ0n) is 12.0. The molecule has 0 spiro atoms. The lowest BCUT2D eigenvalue weighted by atomic mass is 9.85. The number of rotatable bonds is 3. The molecule has 0 saturated heterocycles. The molecule has 1 aromatic carbocycles. The summed E-state index contributed by atoms with van der Waals surface area (Å²) in [6.45, 7) is 4.57. The lowest BCUT2D eigenvalue weighted by Crippen LogP contribution is -2.33. The van der Waals surface area contributed by atoms with Gasteiger partial charge in [0.15, 0.2) is 0 Å². The molecule has 0 unspecified atom stereocenters. The Morgan fingerprint density at radius 1 is 1.19 bits per heavy atom. The number of nitrogens with zero attached hydrogens (tertiary/aromatic N) is 3. The van der Waals surface area contributed by atoms with Crippen molar-refractivity contribution in [2.75, 3.05) is 0 Å². The molecule has 0 bridgehead atoms. The second kappa shape index (κ2) is 4.79. The maximum absolute atomic E-state index is 14.4. The number of para-hydroxylation sites is 1. The highest BCUT2D eigenvalue weighted by molar-refractivity contribution is 5.22. The van der Waals surface area contributed by atoms with Crippen molar-refractivity contribution in [1.29, 1.82) is 0 Å². The molecule has 0 radical (unpaired) electrons. The van der Waals surface area contributed by atoms with Crippen molar-refractivity contribution in [3.63, 3.8) is 0 Å². The summed E-state index contributed by atoms with van der Waals surface area (Å²) in [5.41, 5.74) is -0.0487. The quantitative estimate of drug-likeness (QED) is 0.871. The van der Waals surface area contributed by atoms with Crippen LogP contribution in [0.25, 0.3) is 0 Å². The minimum Gasteiger partial charge on any atom is -0.427 e. The third kappa shape index (κ3) is 2.75. The first kappa shape index (κ1) is 14.0. The summed E-state index contributed by atoms with van der Waals surface area (Å²) in [4.78, 5) is 0. The summed E-state index contributed by atoms with van der Waals surface area (Å²) < 4.78 is 35.1. The largest absolute Gasteiger partial charge is 0.462 e. The molecule has 0 saturated carbocycles. The van der Waals surface area contributed by atoms with Gasteiger partial charge in [0, 0.05) is 13.0 Å². The Labute approximate surface area is 121 Å². The minimum atomic E-state index is -3.50. The summed E-state index contributed by atoms with van der Waals surface area (Å²) in [5, 5.41) is 7.55. The van der Waals surface area contributed by atoms with E-state index in [0.717, 1.165) is 6.42 Å². The number of alkyl halides is 2. The zero-order chi connectivity index (χ0) is 15.1. The second-order valence-corrected chi connectivity index (χ2v) is 6.12. The van der Waals surface area contributed by atoms with E-state index in [1.807, 2.05) is 0 Å². The first-order chi connectivity index (χ1) is 9.87. The fourth-order valence-corrected chi connectivity index (χ4v) is 2.54. The maximum atomic E-state index is 14.4. The van der Waals surface area contributed by atoms with E-state index >= 15 is 0 Å². The first-order valence-corrected chi connectivity index (χ1v) is 6.92. The highest BCUT2D eigenvalue weighted by Crippen LogP contribution is 2.36. The Balaban J connectivity index is 1.92. The van der Waals surface area contributed by atoms with Crippen molar-refractivity contribution in [2.24, 2.45) is 5.41 Å². The summed E-state index contributed by atoms with van der Waals surface area (Å²) >= 11 is 0. The molecule has 0 N–H and O–H groups in total. The summed E-state index contributed by atoms with van der Waals surface area (Å²) in [6.07, 6.45) is -1.93. The number of hydrogen-bond donors (Lipinski definition) is 0. The molecule has 1 aliphatic heterocycles. The second-order valence-electron chi connectivity index (χ2n) is 6.12. The number of ether oxygens (including phenoxy) is 1. The Morgan fingerprint density at radius 2 is 1.90 bits per heavy atom. The Hall–Kier alpha value is -1.98. The van der Waals surface area contributed by atoms with Gasteiger partial charge in [-0.15, -0.1) is 10.2 Å². The van der Waals surface area contributed by atoms with Gasteiger partial charge in [-0.05, 0) is 24.0 Å². The molecule has 21 heavy (non-hydrogen) atoms. The van der Waals surface area contributed by atoms with E-state index in [1.165, 1.54) is 16.7 Å². The van der Waals surface area contributed by atoms with E-state index in [4.69, 9.17) is 4.74 Å². The van der Waals surface area contributed by atoms with Gasteiger partial charge in [-0.1, -0.05) is 32.0 Å². The third-order valence-corrected chi connectivity index (χ3v) is 3.69. The number of hydrogen-bond acceptors (Lipinski definition) is 3. The zero-order valence-corrected chi connectivity index (χ0v) is 12.0. The third-order valence-electron chi connectivity index (χ3n) is 3.69. The fraction of sp³-hybridized carbons (Fsp3) is 0.467. The normalized spacial score (nSPS) is 17.3. The molecule has 2 heterocycles. The van der Waals surface area contributed by atoms with Crippen molar-refractivity contribution in [3.8, 4) is 5.75 Å². The van der Waals surface area contributed by atoms with Gasteiger partial charge in [-0.25, -0.2) is 0 Å². The van der Waals surface area contributed by atoms with E-state index in [2.05, 4.69) is 24.0 Å². The van der Waals surface area contributed by atoms with Crippen LogP contribution in [-0.4, -0.2) is 14.8 Å². The predicted molar refractivity (Wildman–Crippen MR) is 73.1 cm³/mol. The Bertz CT molecular complexity index is 638. The number of halogens is 2. The average Bonchev–Trinajstić information content (AvgIpc) is 2.81. The molecule has 4 nitrogen and oxygen atoms in total. The standard InChI is InChI=1S/C15H17F2N3O/c1-14(2)9-8-12-18-19-13(20(12)10-14)15(16,17)21-11-6-4-3-5-7-11/h3-7H,8-10H2,1-2H3. The van der Waals surface area contributed by atoms with Gasteiger partial charge >= 0.3 is 6.11 Å². The molecular weight excluding hydrogens is 276 g/mol. The number of benzene rings is 1. The number of fused-ring (bicyclic) bond motifs is 1. The van der Waals surface area contributed by atoms with Crippen LogP contribution in [0.4, 0.5) is 8.78 Å². The van der Waals surface area contributed by atoms with E-state index < -0.39 is 11.9 Å². The molecular formula is C15H17F2N3O. The molecule has 0 amide bonds.